The normalized spacial score (nSPS) is 15.6. The van der Waals surface area contributed by atoms with Crippen LogP contribution < -0.4 is 19.6 Å². The molecule has 0 fully saturated rings. The van der Waals surface area contributed by atoms with E-state index in [9.17, 15) is 9.59 Å². The highest BCUT2D eigenvalue weighted by atomic mass is 32.1. The number of para-hydroxylation sites is 2. The summed E-state index contributed by atoms with van der Waals surface area (Å²) >= 11 is 1.32. The van der Waals surface area contributed by atoms with Gasteiger partial charge in [0.2, 0.25) is 0 Å². The summed E-state index contributed by atoms with van der Waals surface area (Å²) in [5, 5.41) is 1.08. The third kappa shape index (κ3) is 4.39. The Morgan fingerprint density at radius 1 is 1.11 bits per heavy atom. The molecule has 0 spiro atoms. The zero-order chi connectivity index (χ0) is 27.0. The van der Waals surface area contributed by atoms with Crippen molar-refractivity contribution in [2.24, 2.45) is 4.99 Å². The number of ether oxygens (including phenoxy) is 2. The maximum absolute atomic E-state index is 14.0. The van der Waals surface area contributed by atoms with Gasteiger partial charge in [-0.3, -0.25) is 9.36 Å². The molecular weight excluding hydrogens is 498 g/mol. The van der Waals surface area contributed by atoms with Crippen molar-refractivity contribution in [3.8, 4) is 5.75 Å². The van der Waals surface area contributed by atoms with Crippen LogP contribution in [-0.4, -0.2) is 28.3 Å². The third-order valence-corrected chi connectivity index (χ3v) is 7.63. The maximum Gasteiger partial charge on any atom is 0.338 e. The molecule has 0 unspecified atom stereocenters. The Kier molecular flexibility index (Phi) is 7.08. The molecule has 0 bridgehead atoms. The van der Waals surface area contributed by atoms with E-state index in [2.05, 4.69) is 36.7 Å². The summed E-state index contributed by atoms with van der Waals surface area (Å²) in [5.74, 6) is 0.130. The molecule has 0 amide bonds. The molecule has 0 N–H and O–H groups in total. The molecule has 1 aliphatic heterocycles. The second kappa shape index (κ2) is 10.5. The van der Waals surface area contributed by atoms with Gasteiger partial charge >= 0.3 is 5.97 Å². The van der Waals surface area contributed by atoms with Crippen LogP contribution >= 0.6 is 11.3 Å². The number of carbonyl (C=O) groups is 1. The van der Waals surface area contributed by atoms with Crippen LogP contribution in [0.1, 0.15) is 57.8 Å². The van der Waals surface area contributed by atoms with Crippen molar-refractivity contribution in [1.82, 2.24) is 9.13 Å². The second-order valence-corrected chi connectivity index (χ2v) is 10.4. The molecule has 3 heterocycles. The smallest absolute Gasteiger partial charge is 0.338 e. The number of rotatable bonds is 7. The molecule has 2 aromatic carbocycles. The van der Waals surface area contributed by atoms with E-state index < -0.39 is 12.0 Å². The van der Waals surface area contributed by atoms with Crippen molar-refractivity contribution in [1.29, 1.82) is 0 Å². The van der Waals surface area contributed by atoms with Crippen LogP contribution in [0.15, 0.2) is 75.8 Å². The number of aromatic nitrogens is 2. The molecule has 0 saturated heterocycles. The highest BCUT2D eigenvalue weighted by molar-refractivity contribution is 7.07. The van der Waals surface area contributed by atoms with Gasteiger partial charge < -0.3 is 14.0 Å². The molecule has 8 heteroatoms. The monoisotopic (exact) mass is 529 g/mol. The van der Waals surface area contributed by atoms with Crippen LogP contribution in [0.5, 0.6) is 5.75 Å². The first-order chi connectivity index (χ1) is 18.3. The van der Waals surface area contributed by atoms with E-state index in [1.807, 2.05) is 49.4 Å². The Morgan fingerprint density at radius 2 is 1.84 bits per heavy atom. The van der Waals surface area contributed by atoms with Gasteiger partial charge in [-0.1, -0.05) is 47.7 Å². The van der Waals surface area contributed by atoms with Gasteiger partial charge in [-0.05, 0) is 52.8 Å². The SMILES string of the molecule is CCOC(=O)C1=C(C)N=c2s/c(=C/c3cn(C(C)C)c4ccccc34)c(=O)n2[C@@H]1c1ccccc1OCC. The summed E-state index contributed by atoms with van der Waals surface area (Å²) in [7, 11) is 0. The van der Waals surface area contributed by atoms with Gasteiger partial charge in [0.15, 0.2) is 4.80 Å². The van der Waals surface area contributed by atoms with E-state index in [1.165, 1.54) is 11.3 Å². The van der Waals surface area contributed by atoms with Crippen LogP contribution in [0.4, 0.5) is 0 Å². The fraction of sp³-hybridized carbons (Fsp3) is 0.300. The van der Waals surface area contributed by atoms with Gasteiger partial charge in [0.1, 0.15) is 11.8 Å². The number of hydrogen-bond acceptors (Lipinski definition) is 6. The predicted octanol–water partition coefficient (Wildman–Crippen LogP) is 4.73. The zero-order valence-corrected chi connectivity index (χ0v) is 23.0. The average Bonchev–Trinajstić information content (AvgIpc) is 3.41. The van der Waals surface area contributed by atoms with E-state index in [0.29, 0.717) is 33.0 Å². The predicted molar refractivity (Wildman–Crippen MR) is 150 cm³/mol. The largest absolute Gasteiger partial charge is 0.494 e. The Labute approximate surface area is 225 Å². The Balaban J connectivity index is 1.77. The van der Waals surface area contributed by atoms with Gasteiger partial charge in [0.25, 0.3) is 5.56 Å². The molecule has 2 aromatic heterocycles. The second-order valence-electron chi connectivity index (χ2n) is 9.38. The fourth-order valence-corrected chi connectivity index (χ4v) is 6.03. The average molecular weight is 530 g/mol. The zero-order valence-electron chi connectivity index (χ0n) is 22.2. The van der Waals surface area contributed by atoms with E-state index in [4.69, 9.17) is 14.5 Å². The Bertz CT molecular complexity index is 1740. The summed E-state index contributed by atoms with van der Waals surface area (Å²) in [6, 6.07) is 15.2. The molecule has 7 nitrogen and oxygen atoms in total. The molecule has 196 valence electrons. The molecule has 5 rings (SSSR count). The summed E-state index contributed by atoms with van der Waals surface area (Å²) in [4.78, 5) is 32.5. The van der Waals surface area contributed by atoms with E-state index in [-0.39, 0.29) is 18.2 Å². The number of nitrogens with zero attached hydrogens (tertiary/aromatic N) is 3. The standard InChI is InChI=1S/C30H31N3O4S/c1-6-36-24-15-11-9-13-22(24)27-26(29(35)37-7-2)19(5)31-30-33(27)28(34)25(38-30)16-20-17-32(18(3)4)23-14-10-8-12-21(20)23/h8-18,27H,6-7H2,1-5H3/b25-16+/t27-/m1/s1. The van der Waals surface area contributed by atoms with E-state index in [0.717, 1.165) is 22.0 Å². The summed E-state index contributed by atoms with van der Waals surface area (Å²) in [6.07, 6.45) is 4.02. The Morgan fingerprint density at radius 3 is 2.58 bits per heavy atom. The minimum Gasteiger partial charge on any atom is -0.494 e. The molecule has 1 atom stereocenters. The van der Waals surface area contributed by atoms with Crippen LogP contribution in [0.2, 0.25) is 0 Å². The van der Waals surface area contributed by atoms with Gasteiger partial charge in [0, 0.05) is 34.3 Å². The number of thiazole rings is 1. The first-order valence-electron chi connectivity index (χ1n) is 12.9. The quantitative estimate of drug-likeness (QED) is 0.325. The minimum absolute atomic E-state index is 0.208. The van der Waals surface area contributed by atoms with E-state index >= 15 is 0 Å². The lowest BCUT2D eigenvalue weighted by Crippen LogP contribution is -2.40. The first-order valence-corrected chi connectivity index (χ1v) is 13.7. The van der Waals surface area contributed by atoms with Gasteiger partial charge in [0.05, 0.1) is 29.0 Å². The minimum atomic E-state index is -0.716. The Hall–Kier alpha value is -3.91. The molecule has 4 aromatic rings. The van der Waals surface area contributed by atoms with Crippen LogP contribution in [0, 0.1) is 0 Å². The van der Waals surface area contributed by atoms with Crippen LogP contribution in [0.3, 0.4) is 0 Å². The molecule has 38 heavy (non-hydrogen) atoms. The van der Waals surface area contributed by atoms with Gasteiger partial charge in [-0.2, -0.15) is 0 Å². The molecule has 0 saturated carbocycles. The number of fused-ring (bicyclic) bond motifs is 2. The number of esters is 1. The fourth-order valence-electron chi connectivity index (χ4n) is 4.99. The summed E-state index contributed by atoms with van der Waals surface area (Å²) in [6.45, 7) is 10.4. The molecule has 1 aliphatic rings. The van der Waals surface area contributed by atoms with Crippen molar-refractivity contribution >= 4 is 34.3 Å². The number of allylic oxidation sites excluding steroid dienone is 1. The topological polar surface area (TPSA) is 74.8 Å². The third-order valence-electron chi connectivity index (χ3n) is 6.64. The van der Waals surface area contributed by atoms with Crippen molar-refractivity contribution < 1.29 is 14.3 Å². The molecule has 0 radical (unpaired) electrons. The van der Waals surface area contributed by atoms with Gasteiger partial charge in [-0.25, -0.2) is 9.79 Å². The van der Waals surface area contributed by atoms with Crippen molar-refractivity contribution in [2.45, 2.75) is 46.7 Å². The summed E-state index contributed by atoms with van der Waals surface area (Å²) in [5.41, 5.74) is 3.47. The number of hydrogen-bond donors (Lipinski definition) is 0. The number of carbonyl (C=O) groups excluding carboxylic acids is 1. The highest BCUT2D eigenvalue weighted by Crippen LogP contribution is 2.36. The van der Waals surface area contributed by atoms with Crippen molar-refractivity contribution in [3.63, 3.8) is 0 Å². The van der Waals surface area contributed by atoms with E-state index in [1.54, 1.807) is 18.4 Å². The van der Waals surface area contributed by atoms with Crippen molar-refractivity contribution in [3.05, 3.63) is 96.8 Å². The van der Waals surface area contributed by atoms with Crippen LogP contribution in [-0.2, 0) is 9.53 Å². The highest BCUT2D eigenvalue weighted by Gasteiger charge is 2.35. The molecule has 0 aliphatic carbocycles. The first kappa shape index (κ1) is 25.7. The number of benzene rings is 2. The molecular formula is C30H31N3O4S. The van der Waals surface area contributed by atoms with Crippen LogP contribution in [0.25, 0.3) is 17.0 Å². The lowest BCUT2D eigenvalue weighted by Gasteiger charge is -2.26. The lowest BCUT2D eigenvalue weighted by molar-refractivity contribution is -0.139. The summed E-state index contributed by atoms with van der Waals surface area (Å²) < 4.78 is 15.7. The lowest BCUT2D eigenvalue weighted by atomic mass is 9.95. The van der Waals surface area contributed by atoms with Gasteiger partial charge in [-0.15, -0.1) is 0 Å². The van der Waals surface area contributed by atoms with Crippen molar-refractivity contribution in [2.75, 3.05) is 13.2 Å². The maximum atomic E-state index is 14.0.